The van der Waals surface area contributed by atoms with Crippen LogP contribution < -0.4 is 10.2 Å². The Kier molecular flexibility index (Phi) is 7.26. The van der Waals surface area contributed by atoms with Gasteiger partial charge in [-0.15, -0.1) is 0 Å². The normalized spacial score (nSPS) is 14.9. The predicted octanol–water partition coefficient (Wildman–Crippen LogP) is 5.63. The van der Waals surface area contributed by atoms with Crippen molar-refractivity contribution in [3.05, 3.63) is 89.4 Å². The minimum Gasteiger partial charge on any atom is -0.459 e. The Morgan fingerprint density at radius 1 is 0.941 bits per heavy atom. The predicted molar refractivity (Wildman–Crippen MR) is 131 cm³/mol. The lowest BCUT2D eigenvalue weighted by molar-refractivity contribution is -0.123. The first-order chi connectivity index (χ1) is 16.4. The van der Waals surface area contributed by atoms with E-state index < -0.39 is 11.9 Å². The Hall–Kier alpha value is -3.67. The molecule has 2 amide bonds. The second-order valence-electron chi connectivity index (χ2n) is 8.91. The minimum atomic E-state index is -0.900. The second-order valence-corrected chi connectivity index (χ2v) is 8.91. The Bertz CT molecular complexity index is 1130. The Labute approximate surface area is 200 Å². The van der Waals surface area contributed by atoms with Crippen LogP contribution in [0.1, 0.15) is 77.1 Å². The maximum absolute atomic E-state index is 13.8. The summed E-state index contributed by atoms with van der Waals surface area (Å²) in [7, 11) is 0. The fraction of sp³-hybridized carbons (Fsp3) is 0.321. The van der Waals surface area contributed by atoms with Crippen molar-refractivity contribution in [1.82, 2.24) is 5.32 Å². The molecule has 6 nitrogen and oxygen atoms in total. The molecule has 4 rings (SSSR count). The molecular weight excluding hydrogens is 428 g/mol. The summed E-state index contributed by atoms with van der Waals surface area (Å²) >= 11 is 0. The Morgan fingerprint density at radius 3 is 2.21 bits per heavy atom. The number of benzene rings is 2. The zero-order valence-electron chi connectivity index (χ0n) is 19.6. The van der Waals surface area contributed by atoms with Gasteiger partial charge in [-0.05, 0) is 68.7 Å². The van der Waals surface area contributed by atoms with Gasteiger partial charge in [-0.25, -0.2) is 0 Å². The summed E-state index contributed by atoms with van der Waals surface area (Å²) in [6.45, 7) is 3.47. The molecule has 1 aromatic heterocycles. The van der Waals surface area contributed by atoms with Crippen molar-refractivity contribution in [2.45, 2.75) is 58.0 Å². The number of anilines is 1. The highest BCUT2D eigenvalue weighted by molar-refractivity contribution is 6.09. The molecule has 0 aliphatic heterocycles. The molecule has 0 spiro atoms. The highest BCUT2D eigenvalue weighted by atomic mass is 16.3. The lowest BCUT2D eigenvalue weighted by Gasteiger charge is -2.33. The number of hydrogen-bond acceptors (Lipinski definition) is 4. The van der Waals surface area contributed by atoms with Gasteiger partial charge in [-0.3, -0.25) is 19.3 Å². The smallest absolute Gasteiger partial charge is 0.294 e. The molecule has 1 aliphatic carbocycles. The van der Waals surface area contributed by atoms with Crippen molar-refractivity contribution in [3.8, 4) is 0 Å². The highest BCUT2D eigenvalue weighted by Crippen LogP contribution is 2.31. The summed E-state index contributed by atoms with van der Waals surface area (Å²) < 4.78 is 5.42. The van der Waals surface area contributed by atoms with Crippen molar-refractivity contribution in [1.29, 1.82) is 0 Å². The van der Waals surface area contributed by atoms with Crippen molar-refractivity contribution in [2.75, 3.05) is 4.90 Å². The van der Waals surface area contributed by atoms with Crippen molar-refractivity contribution in [2.24, 2.45) is 0 Å². The number of carbonyl (C=O) groups excluding carboxylic acids is 3. The van der Waals surface area contributed by atoms with Gasteiger partial charge in [0.2, 0.25) is 5.91 Å². The summed E-state index contributed by atoms with van der Waals surface area (Å²) in [5, 5.41) is 3.19. The van der Waals surface area contributed by atoms with Gasteiger partial charge in [0.25, 0.3) is 5.91 Å². The number of nitrogens with zero attached hydrogens (tertiary/aromatic N) is 1. The first-order valence-corrected chi connectivity index (χ1v) is 11.8. The Balaban J connectivity index is 1.78. The van der Waals surface area contributed by atoms with Crippen molar-refractivity contribution >= 4 is 23.3 Å². The van der Waals surface area contributed by atoms with E-state index in [1.54, 1.807) is 36.4 Å². The van der Waals surface area contributed by atoms with Gasteiger partial charge in [-0.1, -0.05) is 49.1 Å². The third-order valence-electron chi connectivity index (χ3n) is 6.35. The third-order valence-corrected chi connectivity index (χ3v) is 6.35. The fourth-order valence-corrected chi connectivity index (χ4v) is 4.45. The second kappa shape index (κ2) is 10.5. The molecule has 1 atom stereocenters. The van der Waals surface area contributed by atoms with Crippen LogP contribution in [0.3, 0.4) is 0 Å². The highest BCUT2D eigenvalue weighted by Gasteiger charge is 2.35. The zero-order chi connectivity index (χ0) is 24.1. The number of carbonyl (C=O) groups is 3. The number of amides is 2. The average Bonchev–Trinajstić information content (AvgIpc) is 3.39. The molecule has 0 bridgehead atoms. The molecule has 0 unspecified atom stereocenters. The summed E-state index contributed by atoms with van der Waals surface area (Å²) in [4.78, 5) is 40.7. The van der Waals surface area contributed by atoms with Crippen LogP contribution in [0.15, 0.2) is 71.3 Å². The number of hydrogen-bond donors (Lipinski definition) is 1. The molecule has 34 heavy (non-hydrogen) atoms. The summed E-state index contributed by atoms with van der Waals surface area (Å²) in [5.74, 6) is -0.588. The molecule has 2 aromatic carbocycles. The molecule has 1 N–H and O–H groups in total. The van der Waals surface area contributed by atoms with Crippen LogP contribution >= 0.6 is 0 Å². The Morgan fingerprint density at radius 2 is 1.62 bits per heavy atom. The summed E-state index contributed by atoms with van der Waals surface area (Å²) in [6.07, 6.45) is 6.66. The number of furan rings is 1. The molecule has 0 saturated heterocycles. The minimum absolute atomic E-state index is 0.0689. The molecule has 1 heterocycles. The van der Waals surface area contributed by atoms with Crippen molar-refractivity contribution in [3.63, 3.8) is 0 Å². The largest absolute Gasteiger partial charge is 0.459 e. The standard InChI is InChI=1S/C28H30N2O4/c1-19-10-12-22(13-11-19)26(27(32)29-23-7-4-3-5-8-23)30(28(33)25-9-6-18-34-25)24-16-14-21(15-17-24)20(2)31/h6,9-18,23,26H,3-5,7-8H2,1-2H3,(H,29,32)/t26-/m1/s1. The molecule has 0 radical (unpaired) electrons. The van der Waals surface area contributed by atoms with Crippen LogP contribution in [0.2, 0.25) is 0 Å². The first kappa shape index (κ1) is 23.5. The number of aryl methyl sites for hydroxylation is 1. The van der Waals surface area contributed by atoms with E-state index in [0.29, 0.717) is 16.8 Å². The van der Waals surface area contributed by atoms with Crippen LogP contribution in [0.5, 0.6) is 0 Å². The molecule has 1 fully saturated rings. The zero-order valence-corrected chi connectivity index (χ0v) is 19.6. The van der Waals surface area contributed by atoms with Crippen LogP contribution in [0.4, 0.5) is 5.69 Å². The summed E-state index contributed by atoms with van der Waals surface area (Å²) in [6, 6.07) is 16.8. The number of Topliss-reactive ketones (excluding diaryl/α,β-unsaturated/α-hetero) is 1. The van der Waals surface area contributed by atoms with E-state index in [-0.39, 0.29) is 23.5 Å². The lowest BCUT2D eigenvalue weighted by atomic mass is 9.94. The van der Waals surface area contributed by atoms with Crippen LogP contribution in [-0.2, 0) is 4.79 Å². The first-order valence-electron chi connectivity index (χ1n) is 11.8. The van der Waals surface area contributed by atoms with Gasteiger partial charge in [-0.2, -0.15) is 0 Å². The number of rotatable bonds is 7. The lowest BCUT2D eigenvalue weighted by Crippen LogP contribution is -2.47. The third kappa shape index (κ3) is 5.28. The molecule has 1 aliphatic rings. The van der Waals surface area contributed by atoms with Crippen LogP contribution in [-0.4, -0.2) is 23.6 Å². The molecule has 3 aromatic rings. The number of ketones is 1. The van der Waals surface area contributed by atoms with E-state index in [0.717, 1.165) is 31.2 Å². The molecule has 1 saturated carbocycles. The van der Waals surface area contributed by atoms with Gasteiger partial charge >= 0.3 is 0 Å². The molecule has 6 heteroatoms. The fourth-order valence-electron chi connectivity index (χ4n) is 4.45. The molecular formula is C28H30N2O4. The van der Waals surface area contributed by atoms with Gasteiger partial charge in [0.1, 0.15) is 6.04 Å². The van der Waals surface area contributed by atoms with Crippen molar-refractivity contribution < 1.29 is 18.8 Å². The number of nitrogens with one attached hydrogen (secondary N) is 1. The van der Waals surface area contributed by atoms with E-state index in [1.807, 2.05) is 31.2 Å². The SMILES string of the molecule is CC(=O)c1ccc(N(C(=O)c2ccco2)[C@@H](C(=O)NC2CCCCC2)c2ccc(C)cc2)cc1. The van der Waals surface area contributed by atoms with E-state index in [4.69, 9.17) is 4.42 Å². The van der Waals surface area contributed by atoms with Crippen LogP contribution in [0, 0.1) is 6.92 Å². The van der Waals surface area contributed by atoms with E-state index in [2.05, 4.69) is 5.32 Å². The average molecular weight is 459 g/mol. The van der Waals surface area contributed by atoms with E-state index >= 15 is 0 Å². The quantitative estimate of drug-likeness (QED) is 0.466. The van der Waals surface area contributed by atoms with Gasteiger partial charge in [0.05, 0.1) is 6.26 Å². The maximum atomic E-state index is 13.8. The van der Waals surface area contributed by atoms with Crippen LogP contribution in [0.25, 0.3) is 0 Å². The van der Waals surface area contributed by atoms with E-state index in [1.165, 1.54) is 24.5 Å². The van der Waals surface area contributed by atoms with Gasteiger partial charge in [0.15, 0.2) is 11.5 Å². The monoisotopic (exact) mass is 458 g/mol. The topological polar surface area (TPSA) is 79.6 Å². The molecule has 176 valence electrons. The maximum Gasteiger partial charge on any atom is 0.294 e. The van der Waals surface area contributed by atoms with Gasteiger partial charge in [0, 0.05) is 17.3 Å². The summed E-state index contributed by atoms with van der Waals surface area (Å²) in [5.41, 5.74) is 2.81. The van der Waals surface area contributed by atoms with E-state index in [9.17, 15) is 14.4 Å². The van der Waals surface area contributed by atoms with Gasteiger partial charge < -0.3 is 9.73 Å².